The van der Waals surface area contributed by atoms with E-state index in [1.165, 1.54) is 0 Å². The molecule has 0 heterocycles. The summed E-state index contributed by atoms with van der Waals surface area (Å²) in [6.07, 6.45) is 0.278. The van der Waals surface area contributed by atoms with E-state index in [9.17, 15) is 9.90 Å². The first-order valence-electron chi connectivity index (χ1n) is 6.24. The second-order valence-corrected chi connectivity index (χ2v) is 5.24. The Labute approximate surface area is 109 Å². The van der Waals surface area contributed by atoms with Crippen LogP contribution >= 0.6 is 0 Å². The maximum atomic E-state index is 12.0. The third kappa shape index (κ3) is 4.47. The van der Waals surface area contributed by atoms with Crippen LogP contribution in [0, 0.1) is 6.92 Å². The number of aryl methyl sites for hydroxylation is 1. The molecule has 0 aliphatic heterocycles. The molecule has 18 heavy (non-hydrogen) atoms. The van der Waals surface area contributed by atoms with Crippen LogP contribution in [0.4, 0.5) is 0 Å². The highest BCUT2D eigenvalue weighted by molar-refractivity contribution is 5.93. The second kappa shape index (κ2) is 5.98. The van der Waals surface area contributed by atoms with Gasteiger partial charge in [-0.25, -0.2) is 4.59 Å². The van der Waals surface area contributed by atoms with Crippen molar-refractivity contribution in [3.05, 3.63) is 35.4 Å². The molecule has 1 amide bonds. The predicted molar refractivity (Wildman–Crippen MR) is 71.9 cm³/mol. The van der Waals surface area contributed by atoms with Crippen LogP contribution in [-0.4, -0.2) is 42.3 Å². The molecule has 0 aliphatic rings. The van der Waals surface area contributed by atoms with Crippen LogP contribution in [0.5, 0.6) is 0 Å². The zero-order chi connectivity index (χ0) is 13.8. The quantitative estimate of drug-likeness (QED) is 0.615. The maximum Gasteiger partial charge on any atom is 0.295 e. The molecular formula is C14H23N2O2+. The van der Waals surface area contributed by atoms with Gasteiger partial charge in [0.25, 0.3) is 5.91 Å². The van der Waals surface area contributed by atoms with Crippen LogP contribution in [0.1, 0.15) is 29.3 Å². The van der Waals surface area contributed by atoms with Crippen molar-refractivity contribution in [3.8, 4) is 0 Å². The van der Waals surface area contributed by atoms with E-state index >= 15 is 0 Å². The number of carbonyl (C=O) groups is 1. The molecule has 1 aromatic carbocycles. The van der Waals surface area contributed by atoms with E-state index in [1.807, 2.05) is 40.1 Å². The lowest BCUT2D eigenvalue weighted by atomic mass is 10.1. The lowest BCUT2D eigenvalue weighted by Gasteiger charge is -2.30. The molecule has 0 saturated heterocycles. The van der Waals surface area contributed by atoms with Gasteiger partial charge in [-0.05, 0) is 25.5 Å². The first-order chi connectivity index (χ1) is 8.34. The topological polar surface area (TPSA) is 49.3 Å². The molecule has 1 atom stereocenters. The molecule has 100 valence electrons. The highest BCUT2D eigenvalue weighted by Crippen LogP contribution is 2.05. The van der Waals surface area contributed by atoms with E-state index < -0.39 is 6.10 Å². The van der Waals surface area contributed by atoms with Crippen molar-refractivity contribution in [2.45, 2.75) is 26.4 Å². The highest BCUT2D eigenvalue weighted by atomic mass is 16.3. The number of nitrogens with zero attached hydrogens (tertiary/aromatic N) is 1. The summed E-state index contributed by atoms with van der Waals surface area (Å²) in [6, 6.07) is 7.44. The molecule has 0 radical (unpaired) electrons. The Morgan fingerprint density at radius 2 is 1.89 bits per heavy atom. The highest BCUT2D eigenvalue weighted by Gasteiger charge is 2.23. The van der Waals surface area contributed by atoms with Crippen molar-refractivity contribution < 1.29 is 14.5 Å². The number of quaternary nitrogens is 1. The Morgan fingerprint density at radius 3 is 2.39 bits per heavy atom. The van der Waals surface area contributed by atoms with Crippen molar-refractivity contribution in [3.63, 3.8) is 0 Å². The minimum atomic E-state index is -0.404. The van der Waals surface area contributed by atoms with Gasteiger partial charge in [-0.2, -0.15) is 5.43 Å². The largest absolute Gasteiger partial charge is 0.387 e. The Balaban J connectivity index is 2.66. The van der Waals surface area contributed by atoms with Crippen LogP contribution in [0.3, 0.4) is 0 Å². The van der Waals surface area contributed by atoms with Crippen molar-refractivity contribution >= 4 is 5.91 Å². The average molecular weight is 251 g/mol. The van der Waals surface area contributed by atoms with Crippen LogP contribution in [0.25, 0.3) is 0 Å². The fraction of sp³-hybridized carbons (Fsp3) is 0.500. The maximum absolute atomic E-state index is 12.0. The second-order valence-electron chi connectivity index (χ2n) is 5.24. The third-order valence-corrected chi connectivity index (χ3v) is 2.86. The summed E-state index contributed by atoms with van der Waals surface area (Å²) in [7, 11) is 3.73. The van der Waals surface area contributed by atoms with Crippen LogP contribution in [0.2, 0.25) is 0 Å². The predicted octanol–water partition coefficient (Wildman–Crippen LogP) is 1.49. The van der Waals surface area contributed by atoms with Gasteiger partial charge in [0.2, 0.25) is 0 Å². The summed E-state index contributed by atoms with van der Waals surface area (Å²) in [6.45, 7) is 4.40. The Hall–Kier alpha value is -1.39. The first kappa shape index (κ1) is 14.7. The zero-order valence-electron chi connectivity index (χ0n) is 11.6. The molecule has 0 aliphatic carbocycles. The minimum Gasteiger partial charge on any atom is -0.387 e. The standard InChI is InChI=1S/C14H22N2O2/c1-5-13(17)10-16(3,4)15-14(18)12-8-6-11(2)7-9-12/h6-9,13,17H,5,10H2,1-4H3/p+1. The van der Waals surface area contributed by atoms with Gasteiger partial charge >= 0.3 is 0 Å². The molecule has 0 spiro atoms. The van der Waals surface area contributed by atoms with E-state index in [2.05, 4.69) is 5.43 Å². The summed E-state index contributed by atoms with van der Waals surface area (Å²) >= 11 is 0. The number of aliphatic hydroxyl groups is 1. The summed E-state index contributed by atoms with van der Waals surface area (Å²) in [5.74, 6) is -0.122. The number of nitrogens with one attached hydrogen (secondary N) is 1. The Morgan fingerprint density at radius 1 is 1.33 bits per heavy atom. The smallest absolute Gasteiger partial charge is 0.295 e. The molecular weight excluding hydrogens is 228 g/mol. The van der Waals surface area contributed by atoms with Gasteiger partial charge in [0, 0.05) is 5.56 Å². The van der Waals surface area contributed by atoms with Gasteiger partial charge in [-0.3, -0.25) is 4.79 Å². The molecule has 0 fully saturated rings. The number of carbonyl (C=O) groups excluding carboxylic acids is 1. The van der Waals surface area contributed by atoms with Crippen molar-refractivity contribution in [1.82, 2.24) is 5.43 Å². The molecule has 1 unspecified atom stereocenters. The molecule has 2 N–H and O–H groups in total. The van der Waals surface area contributed by atoms with Gasteiger partial charge in [0.15, 0.2) is 0 Å². The fourth-order valence-corrected chi connectivity index (χ4v) is 1.75. The lowest BCUT2D eigenvalue weighted by molar-refractivity contribution is -0.927. The van der Waals surface area contributed by atoms with Gasteiger partial charge in [-0.15, -0.1) is 0 Å². The molecule has 0 bridgehead atoms. The summed E-state index contributed by atoms with van der Waals surface area (Å²) in [4.78, 5) is 12.0. The first-order valence-corrected chi connectivity index (χ1v) is 6.24. The molecule has 0 aromatic heterocycles. The number of aliphatic hydroxyl groups excluding tert-OH is 1. The van der Waals surface area contributed by atoms with Gasteiger partial charge in [0.05, 0.1) is 14.1 Å². The van der Waals surface area contributed by atoms with E-state index in [1.54, 1.807) is 12.1 Å². The molecule has 4 heteroatoms. The molecule has 4 nitrogen and oxygen atoms in total. The minimum absolute atomic E-state index is 0.122. The van der Waals surface area contributed by atoms with Crippen molar-refractivity contribution in [2.75, 3.05) is 20.6 Å². The molecule has 0 saturated carbocycles. The summed E-state index contributed by atoms with van der Waals surface area (Å²) in [5, 5.41) is 9.65. The lowest BCUT2D eigenvalue weighted by Crippen LogP contribution is -2.57. The van der Waals surface area contributed by atoms with Gasteiger partial charge in [-0.1, -0.05) is 24.6 Å². The number of amides is 1. The Bertz CT molecular complexity index is 399. The number of likely N-dealkylation sites (N-methyl/N-ethyl adjacent to an activating group) is 1. The van der Waals surface area contributed by atoms with E-state index in [4.69, 9.17) is 0 Å². The van der Waals surface area contributed by atoms with Gasteiger partial charge < -0.3 is 5.11 Å². The number of benzene rings is 1. The molecule has 1 rings (SSSR count). The van der Waals surface area contributed by atoms with Crippen LogP contribution < -0.4 is 5.43 Å². The fourth-order valence-electron chi connectivity index (χ4n) is 1.75. The van der Waals surface area contributed by atoms with E-state index in [0.29, 0.717) is 18.5 Å². The summed E-state index contributed by atoms with van der Waals surface area (Å²) in [5.41, 5.74) is 4.66. The zero-order valence-corrected chi connectivity index (χ0v) is 11.6. The van der Waals surface area contributed by atoms with E-state index in [-0.39, 0.29) is 10.5 Å². The number of hydrogen-bond donors (Lipinski definition) is 2. The van der Waals surface area contributed by atoms with Crippen LogP contribution in [-0.2, 0) is 0 Å². The van der Waals surface area contributed by atoms with Crippen molar-refractivity contribution in [1.29, 1.82) is 0 Å². The van der Waals surface area contributed by atoms with Crippen LogP contribution in [0.15, 0.2) is 24.3 Å². The van der Waals surface area contributed by atoms with Crippen molar-refractivity contribution in [2.24, 2.45) is 0 Å². The average Bonchev–Trinajstić information content (AvgIpc) is 2.28. The molecule has 1 aromatic rings. The summed E-state index contributed by atoms with van der Waals surface area (Å²) < 4.78 is 0.266. The number of hydrogen-bond acceptors (Lipinski definition) is 2. The normalized spacial score (nSPS) is 13.2. The van der Waals surface area contributed by atoms with Gasteiger partial charge in [0.1, 0.15) is 12.6 Å². The third-order valence-electron chi connectivity index (χ3n) is 2.86. The number of rotatable bonds is 5. The van der Waals surface area contributed by atoms with E-state index in [0.717, 1.165) is 5.56 Å². The SMILES string of the molecule is CCC(O)C[N+](C)(C)NC(=O)c1ccc(C)cc1. The monoisotopic (exact) mass is 251 g/mol. The Kier molecular flexibility index (Phi) is 4.87.